The van der Waals surface area contributed by atoms with Gasteiger partial charge in [-0.15, -0.1) is 0 Å². The second kappa shape index (κ2) is 5.51. The maximum atomic E-state index is 13.1. The Bertz CT molecular complexity index is 915. The summed E-state index contributed by atoms with van der Waals surface area (Å²) < 4.78 is 3.31. The van der Waals surface area contributed by atoms with Gasteiger partial charge in [-0.25, -0.2) is 4.52 Å². The predicted molar refractivity (Wildman–Crippen MR) is 90.6 cm³/mol. The fourth-order valence-electron chi connectivity index (χ4n) is 3.27. The molecule has 1 fully saturated rings. The van der Waals surface area contributed by atoms with Gasteiger partial charge in [0, 0.05) is 18.7 Å². The molecule has 1 aromatic carbocycles. The fourth-order valence-corrected chi connectivity index (χ4v) is 3.49. The molecular weight excluding hydrogens is 312 g/mol. The number of halogens is 1. The highest BCUT2D eigenvalue weighted by molar-refractivity contribution is 6.33. The van der Waals surface area contributed by atoms with E-state index in [1.54, 1.807) is 21.3 Å². The van der Waals surface area contributed by atoms with E-state index in [1.807, 2.05) is 30.3 Å². The fraction of sp³-hybridized carbons (Fsp3) is 0.294. The number of aromatic nitrogens is 3. The number of para-hydroxylation sites is 1. The highest BCUT2D eigenvalue weighted by atomic mass is 35.5. The van der Waals surface area contributed by atoms with Crippen LogP contribution >= 0.6 is 11.6 Å². The molecule has 23 heavy (non-hydrogen) atoms. The zero-order chi connectivity index (χ0) is 16.0. The molecular formula is C17H17ClN4O. The van der Waals surface area contributed by atoms with Crippen molar-refractivity contribution in [2.45, 2.75) is 12.8 Å². The number of nitrogens with one attached hydrogen (secondary N) is 1. The SMILES string of the molecule is C[C@H]1CNC[C@@H]1c1nn2ccc(Cl)c2c(=O)n1-c1ccccc1. The number of rotatable bonds is 2. The van der Waals surface area contributed by atoms with Gasteiger partial charge in [-0.05, 0) is 30.7 Å². The summed E-state index contributed by atoms with van der Waals surface area (Å²) in [4.78, 5) is 13.1. The van der Waals surface area contributed by atoms with Crippen LogP contribution in [0.4, 0.5) is 0 Å². The average Bonchev–Trinajstić information content (AvgIpc) is 3.14. The quantitative estimate of drug-likeness (QED) is 0.786. The summed E-state index contributed by atoms with van der Waals surface area (Å²) in [6.07, 6.45) is 1.74. The molecule has 118 valence electrons. The molecule has 0 bridgehead atoms. The number of fused-ring (bicyclic) bond motifs is 1. The minimum absolute atomic E-state index is 0.129. The Morgan fingerprint density at radius 1 is 1.22 bits per heavy atom. The van der Waals surface area contributed by atoms with Crippen molar-refractivity contribution in [1.29, 1.82) is 0 Å². The summed E-state index contributed by atoms with van der Waals surface area (Å²) >= 11 is 6.19. The zero-order valence-corrected chi connectivity index (χ0v) is 13.5. The minimum Gasteiger partial charge on any atom is -0.316 e. The lowest BCUT2D eigenvalue weighted by Gasteiger charge is -2.19. The molecule has 0 saturated carbocycles. The van der Waals surface area contributed by atoms with E-state index in [0.29, 0.717) is 16.5 Å². The Labute approximate surface area is 138 Å². The smallest absolute Gasteiger partial charge is 0.284 e. The molecule has 0 amide bonds. The summed E-state index contributed by atoms with van der Waals surface area (Å²) in [7, 11) is 0. The van der Waals surface area contributed by atoms with Crippen molar-refractivity contribution < 1.29 is 0 Å². The molecule has 0 unspecified atom stereocenters. The molecule has 1 aliphatic heterocycles. The van der Waals surface area contributed by atoms with E-state index < -0.39 is 0 Å². The Morgan fingerprint density at radius 2 is 2.00 bits per heavy atom. The van der Waals surface area contributed by atoms with Gasteiger partial charge in [0.15, 0.2) is 0 Å². The molecule has 3 aromatic rings. The van der Waals surface area contributed by atoms with Crippen LogP contribution in [0.1, 0.15) is 18.7 Å². The average molecular weight is 329 g/mol. The predicted octanol–water partition coefficient (Wildman–Crippen LogP) is 2.46. The summed E-state index contributed by atoms with van der Waals surface area (Å²) in [5.41, 5.74) is 1.10. The molecule has 0 spiro atoms. The molecule has 5 nitrogen and oxygen atoms in total. The van der Waals surface area contributed by atoms with Gasteiger partial charge in [0.1, 0.15) is 11.3 Å². The summed E-state index contributed by atoms with van der Waals surface area (Å²) in [6.45, 7) is 3.93. The van der Waals surface area contributed by atoms with Crippen LogP contribution in [-0.2, 0) is 0 Å². The third kappa shape index (κ3) is 2.28. The van der Waals surface area contributed by atoms with Crippen LogP contribution in [0.2, 0.25) is 5.02 Å². The van der Waals surface area contributed by atoms with Gasteiger partial charge in [-0.2, -0.15) is 5.10 Å². The van der Waals surface area contributed by atoms with E-state index in [-0.39, 0.29) is 11.5 Å². The van der Waals surface area contributed by atoms with Gasteiger partial charge in [0.25, 0.3) is 5.56 Å². The van der Waals surface area contributed by atoms with Gasteiger partial charge >= 0.3 is 0 Å². The van der Waals surface area contributed by atoms with Crippen molar-refractivity contribution in [2.75, 3.05) is 13.1 Å². The van der Waals surface area contributed by atoms with E-state index in [0.717, 1.165) is 24.6 Å². The van der Waals surface area contributed by atoms with E-state index in [9.17, 15) is 4.79 Å². The third-order valence-electron chi connectivity index (χ3n) is 4.53. The van der Waals surface area contributed by atoms with E-state index in [4.69, 9.17) is 16.7 Å². The molecule has 4 rings (SSSR count). The van der Waals surface area contributed by atoms with Gasteiger partial charge in [-0.1, -0.05) is 36.7 Å². The second-order valence-corrected chi connectivity index (χ2v) is 6.44. The number of hydrogen-bond donors (Lipinski definition) is 1. The van der Waals surface area contributed by atoms with Crippen LogP contribution in [0.5, 0.6) is 0 Å². The van der Waals surface area contributed by atoms with Crippen LogP contribution in [0.25, 0.3) is 11.2 Å². The number of benzene rings is 1. The highest BCUT2D eigenvalue weighted by Crippen LogP contribution is 2.28. The van der Waals surface area contributed by atoms with E-state index in [1.165, 1.54) is 0 Å². The van der Waals surface area contributed by atoms with Crippen LogP contribution in [0.3, 0.4) is 0 Å². The van der Waals surface area contributed by atoms with Crippen molar-refractivity contribution in [2.24, 2.45) is 5.92 Å². The number of hydrogen-bond acceptors (Lipinski definition) is 3. The van der Waals surface area contributed by atoms with Crippen molar-refractivity contribution >= 4 is 17.1 Å². The first-order valence-corrected chi connectivity index (χ1v) is 8.10. The summed E-state index contributed by atoms with van der Waals surface area (Å²) in [6, 6.07) is 11.3. The molecule has 6 heteroatoms. The lowest BCUT2D eigenvalue weighted by molar-refractivity contribution is 0.518. The summed E-state index contributed by atoms with van der Waals surface area (Å²) in [5.74, 6) is 1.38. The first kappa shape index (κ1) is 14.5. The highest BCUT2D eigenvalue weighted by Gasteiger charge is 2.30. The minimum atomic E-state index is -0.129. The standard InChI is InChI=1S/C17H17ClN4O/c1-11-9-19-10-13(11)16-20-21-8-7-14(18)15(21)17(23)22(16)12-5-3-2-4-6-12/h2-8,11,13,19H,9-10H2,1H3/t11-,13-/m0/s1. The van der Waals surface area contributed by atoms with Gasteiger partial charge < -0.3 is 5.32 Å². The maximum Gasteiger partial charge on any atom is 0.284 e. The lowest BCUT2D eigenvalue weighted by Crippen LogP contribution is -2.29. The topological polar surface area (TPSA) is 51.3 Å². The molecule has 2 aromatic heterocycles. The van der Waals surface area contributed by atoms with E-state index >= 15 is 0 Å². The third-order valence-corrected chi connectivity index (χ3v) is 4.83. The molecule has 0 aliphatic carbocycles. The first-order chi connectivity index (χ1) is 11.2. The lowest BCUT2D eigenvalue weighted by atomic mass is 9.97. The normalized spacial score (nSPS) is 21.1. The number of nitrogens with zero attached hydrogens (tertiary/aromatic N) is 3. The molecule has 1 saturated heterocycles. The molecule has 1 N–H and O–H groups in total. The van der Waals surface area contributed by atoms with Crippen molar-refractivity contribution in [3.05, 3.63) is 63.8 Å². The maximum absolute atomic E-state index is 13.1. The van der Waals surface area contributed by atoms with Crippen molar-refractivity contribution in [3.63, 3.8) is 0 Å². The Morgan fingerprint density at radius 3 is 2.70 bits per heavy atom. The largest absolute Gasteiger partial charge is 0.316 e. The zero-order valence-electron chi connectivity index (χ0n) is 12.7. The van der Waals surface area contributed by atoms with E-state index in [2.05, 4.69) is 12.2 Å². The molecule has 0 radical (unpaired) electrons. The molecule has 1 aliphatic rings. The van der Waals surface area contributed by atoms with Gasteiger partial charge in [-0.3, -0.25) is 9.36 Å². The van der Waals surface area contributed by atoms with Crippen molar-refractivity contribution in [1.82, 2.24) is 19.5 Å². The monoisotopic (exact) mass is 328 g/mol. The van der Waals surface area contributed by atoms with Crippen LogP contribution in [-0.4, -0.2) is 27.3 Å². The first-order valence-electron chi connectivity index (χ1n) is 7.72. The second-order valence-electron chi connectivity index (χ2n) is 6.03. The van der Waals surface area contributed by atoms with Crippen LogP contribution in [0.15, 0.2) is 47.4 Å². The molecule has 2 atom stereocenters. The Balaban J connectivity index is 2.06. The van der Waals surface area contributed by atoms with Gasteiger partial charge in [0.2, 0.25) is 0 Å². The van der Waals surface area contributed by atoms with Crippen LogP contribution in [0, 0.1) is 5.92 Å². The van der Waals surface area contributed by atoms with Crippen molar-refractivity contribution in [3.8, 4) is 5.69 Å². The van der Waals surface area contributed by atoms with Crippen LogP contribution < -0.4 is 10.9 Å². The molecule has 3 heterocycles. The Kier molecular flexibility index (Phi) is 3.47. The van der Waals surface area contributed by atoms with Gasteiger partial charge in [0.05, 0.1) is 10.7 Å². The Hall–Kier alpha value is -2.11. The summed E-state index contributed by atoms with van der Waals surface area (Å²) in [5, 5.41) is 8.53.